The molecule has 148 valence electrons. The zero-order valence-corrected chi connectivity index (χ0v) is 16.2. The van der Waals surface area contributed by atoms with Gasteiger partial charge in [-0.2, -0.15) is 4.98 Å². The fourth-order valence-electron chi connectivity index (χ4n) is 5.28. The molecule has 2 aromatic heterocycles. The fourth-order valence-corrected chi connectivity index (χ4v) is 5.28. The van der Waals surface area contributed by atoms with Crippen LogP contribution in [0.5, 0.6) is 11.5 Å². The molecule has 2 bridgehead atoms. The third-order valence-electron chi connectivity index (χ3n) is 6.76. The highest BCUT2D eigenvalue weighted by Crippen LogP contribution is 2.51. The van der Waals surface area contributed by atoms with Gasteiger partial charge in [0, 0.05) is 30.0 Å². The Morgan fingerprint density at radius 1 is 1.03 bits per heavy atom. The number of rotatable bonds is 3. The van der Waals surface area contributed by atoms with Crippen molar-refractivity contribution in [1.29, 1.82) is 0 Å². The van der Waals surface area contributed by atoms with Crippen LogP contribution in [0.15, 0.2) is 47.2 Å². The van der Waals surface area contributed by atoms with Gasteiger partial charge in [0.05, 0.1) is 5.92 Å². The number of ether oxygens (including phenoxy) is 2. The summed E-state index contributed by atoms with van der Waals surface area (Å²) in [5.74, 6) is 3.45. The summed E-state index contributed by atoms with van der Waals surface area (Å²) in [6.45, 7) is 0.291. The molecule has 1 unspecified atom stereocenters. The molecule has 0 aliphatic carbocycles. The number of benzene rings is 1. The van der Waals surface area contributed by atoms with Crippen molar-refractivity contribution in [2.75, 3.05) is 13.8 Å². The lowest BCUT2D eigenvalue weighted by Crippen LogP contribution is -2.44. The highest BCUT2D eigenvalue weighted by Gasteiger charge is 2.49. The minimum absolute atomic E-state index is 0.155. The fraction of sp³-hybridized carbons (Fsp3) is 0.409. The van der Waals surface area contributed by atoms with Gasteiger partial charge in [-0.05, 0) is 62.1 Å². The molecule has 7 nitrogen and oxygen atoms in total. The number of piperidine rings is 1. The molecule has 2 saturated heterocycles. The van der Waals surface area contributed by atoms with E-state index in [4.69, 9.17) is 19.0 Å². The van der Waals surface area contributed by atoms with Crippen LogP contribution in [0.1, 0.15) is 42.6 Å². The van der Waals surface area contributed by atoms with E-state index < -0.39 is 0 Å². The SMILES string of the molecule is CN1C2CC[C@H]1[C@H](c1nc(-c3ccncc3)no1)[C@@H](c1ccc3c(c1)OCO3)C2. The van der Waals surface area contributed by atoms with E-state index in [2.05, 4.69) is 34.2 Å². The van der Waals surface area contributed by atoms with Gasteiger partial charge in [-0.3, -0.25) is 9.88 Å². The number of nitrogens with zero attached hydrogens (tertiary/aromatic N) is 4. The first kappa shape index (κ1) is 17.0. The van der Waals surface area contributed by atoms with E-state index in [0.29, 0.717) is 30.6 Å². The molecule has 0 amide bonds. The van der Waals surface area contributed by atoms with Crippen LogP contribution in [0.3, 0.4) is 0 Å². The Bertz CT molecular complexity index is 1040. The molecule has 1 aromatic carbocycles. The quantitative estimate of drug-likeness (QED) is 0.676. The predicted molar refractivity (Wildman–Crippen MR) is 105 cm³/mol. The first-order valence-electron chi connectivity index (χ1n) is 10.1. The van der Waals surface area contributed by atoms with Crippen molar-refractivity contribution in [3.05, 3.63) is 54.2 Å². The smallest absolute Gasteiger partial charge is 0.232 e. The Hall–Kier alpha value is -2.93. The molecule has 3 aliphatic rings. The van der Waals surface area contributed by atoms with E-state index in [9.17, 15) is 0 Å². The van der Waals surface area contributed by atoms with Gasteiger partial charge in [-0.15, -0.1) is 0 Å². The van der Waals surface area contributed by atoms with Crippen LogP contribution in [0.2, 0.25) is 0 Å². The van der Waals surface area contributed by atoms with Crippen LogP contribution < -0.4 is 9.47 Å². The van der Waals surface area contributed by atoms with Crippen LogP contribution in [-0.4, -0.2) is 45.9 Å². The van der Waals surface area contributed by atoms with Gasteiger partial charge in [0.1, 0.15) is 0 Å². The number of pyridine rings is 1. The third kappa shape index (κ3) is 2.72. The average molecular weight is 390 g/mol. The average Bonchev–Trinajstić information content (AvgIpc) is 3.47. The van der Waals surface area contributed by atoms with Crippen molar-refractivity contribution < 1.29 is 14.0 Å². The van der Waals surface area contributed by atoms with Crippen molar-refractivity contribution >= 4 is 0 Å². The molecule has 29 heavy (non-hydrogen) atoms. The minimum Gasteiger partial charge on any atom is -0.454 e. The molecule has 4 atom stereocenters. The molecule has 0 N–H and O–H groups in total. The molecule has 2 fully saturated rings. The van der Waals surface area contributed by atoms with Crippen molar-refractivity contribution in [1.82, 2.24) is 20.0 Å². The second-order valence-electron chi connectivity index (χ2n) is 8.14. The number of hydrogen-bond donors (Lipinski definition) is 0. The monoisotopic (exact) mass is 390 g/mol. The first-order valence-corrected chi connectivity index (χ1v) is 10.1. The van der Waals surface area contributed by atoms with Gasteiger partial charge in [0.25, 0.3) is 0 Å². The Morgan fingerprint density at radius 3 is 2.79 bits per heavy atom. The van der Waals surface area contributed by atoms with E-state index >= 15 is 0 Å². The zero-order valence-electron chi connectivity index (χ0n) is 16.2. The van der Waals surface area contributed by atoms with E-state index in [1.807, 2.05) is 18.2 Å². The Balaban J connectivity index is 1.40. The molecule has 3 aromatic rings. The summed E-state index contributed by atoms with van der Waals surface area (Å²) in [5, 5.41) is 4.28. The maximum Gasteiger partial charge on any atom is 0.232 e. The van der Waals surface area contributed by atoms with Crippen molar-refractivity contribution in [2.45, 2.75) is 43.2 Å². The van der Waals surface area contributed by atoms with Gasteiger partial charge in [0.15, 0.2) is 11.5 Å². The Kier molecular flexibility index (Phi) is 3.84. The normalized spacial score (nSPS) is 28.0. The van der Waals surface area contributed by atoms with Crippen LogP contribution in [0, 0.1) is 0 Å². The highest BCUT2D eigenvalue weighted by atomic mass is 16.7. The van der Waals surface area contributed by atoms with Gasteiger partial charge >= 0.3 is 0 Å². The molecule has 3 aliphatic heterocycles. The van der Waals surface area contributed by atoms with Crippen molar-refractivity contribution in [3.63, 3.8) is 0 Å². The summed E-state index contributed by atoms with van der Waals surface area (Å²) in [4.78, 5) is 11.4. The number of aromatic nitrogens is 3. The first-order chi connectivity index (χ1) is 14.3. The summed E-state index contributed by atoms with van der Waals surface area (Å²) in [5.41, 5.74) is 2.18. The van der Waals surface area contributed by atoms with Crippen molar-refractivity contribution in [3.8, 4) is 22.9 Å². The standard InChI is InChI=1S/C22H22N4O3/c1-26-15-3-4-17(26)20(22-24-21(25-29-22)13-6-8-23-9-7-13)16(11-15)14-2-5-18-19(10-14)28-12-27-18/h2,5-10,15-17,20H,3-4,11-12H2,1H3/t15?,16-,17+,20-/m1/s1. The minimum atomic E-state index is 0.155. The Morgan fingerprint density at radius 2 is 1.90 bits per heavy atom. The van der Waals surface area contributed by atoms with Gasteiger partial charge in [-0.25, -0.2) is 0 Å². The van der Waals surface area contributed by atoms with Crippen molar-refractivity contribution in [2.24, 2.45) is 0 Å². The van der Waals surface area contributed by atoms with Crippen LogP contribution in [0.25, 0.3) is 11.4 Å². The molecule has 7 heteroatoms. The topological polar surface area (TPSA) is 73.5 Å². The number of likely N-dealkylation sites (N-methyl/N-ethyl adjacent to an activating group) is 1. The maximum absolute atomic E-state index is 5.84. The molecule has 0 saturated carbocycles. The zero-order chi connectivity index (χ0) is 19.4. The number of hydrogen-bond acceptors (Lipinski definition) is 7. The molecule has 5 heterocycles. The van der Waals surface area contributed by atoms with Gasteiger partial charge in [0.2, 0.25) is 18.5 Å². The Labute approximate surface area is 168 Å². The lowest BCUT2D eigenvalue weighted by atomic mass is 9.76. The molecule has 0 radical (unpaired) electrons. The largest absolute Gasteiger partial charge is 0.454 e. The van der Waals surface area contributed by atoms with E-state index in [-0.39, 0.29) is 5.92 Å². The summed E-state index contributed by atoms with van der Waals surface area (Å²) < 4.78 is 17.0. The van der Waals surface area contributed by atoms with Gasteiger partial charge in [-0.1, -0.05) is 11.2 Å². The lowest BCUT2D eigenvalue weighted by molar-refractivity contribution is 0.119. The van der Waals surface area contributed by atoms with E-state index in [1.165, 1.54) is 12.0 Å². The van der Waals surface area contributed by atoms with E-state index in [1.54, 1.807) is 12.4 Å². The second-order valence-corrected chi connectivity index (χ2v) is 8.14. The summed E-state index contributed by atoms with van der Waals surface area (Å²) >= 11 is 0. The third-order valence-corrected chi connectivity index (χ3v) is 6.76. The van der Waals surface area contributed by atoms with Crippen LogP contribution >= 0.6 is 0 Å². The maximum atomic E-state index is 5.84. The number of fused-ring (bicyclic) bond motifs is 3. The lowest BCUT2D eigenvalue weighted by Gasteiger charge is -2.41. The summed E-state index contributed by atoms with van der Waals surface area (Å²) in [6.07, 6.45) is 6.93. The van der Waals surface area contributed by atoms with E-state index in [0.717, 1.165) is 35.8 Å². The molecule has 0 spiro atoms. The molecule has 6 rings (SSSR count). The summed E-state index contributed by atoms with van der Waals surface area (Å²) in [6, 6.07) is 11.1. The second kappa shape index (κ2) is 6.56. The highest BCUT2D eigenvalue weighted by molar-refractivity contribution is 5.53. The molecular formula is C22H22N4O3. The predicted octanol–water partition coefficient (Wildman–Crippen LogP) is 3.59. The van der Waals surface area contributed by atoms with Gasteiger partial charge < -0.3 is 14.0 Å². The molecular weight excluding hydrogens is 368 g/mol. The van der Waals surface area contributed by atoms with Crippen LogP contribution in [-0.2, 0) is 0 Å². The summed E-state index contributed by atoms with van der Waals surface area (Å²) in [7, 11) is 2.23. The van der Waals surface area contributed by atoms with Crippen LogP contribution in [0.4, 0.5) is 0 Å².